The summed E-state index contributed by atoms with van der Waals surface area (Å²) in [5.74, 6) is 0.894. The van der Waals surface area contributed by atoms with Crippen molar-refractivity contribution in [3.05, 3.63) is 59.6 Å². The minimum Gasteiger partial charge on any atom is -0.362 e. The molecule has 0 saturated heterocycles. The molecule has 0 aliphatic carbocycles. The lowest BCUT2D eigenvalue weighted by atomic mass is 10.1. The Labute approximate surface area is 170 Å². The Morgan fingerprint density at radius 1 is 1.17 bits per heavy atom. The highest BCUT2D eigenvalue weighted by Gasteiger charge is 2.14. The monoisotopic (exact) mass is 392 g/mol. The number of pyridine rings is 2. The summed E-state index contributed by atoms with van der Waals surface area (Å²) in [7, 11) is 0. The number of hydrogen-bond acceptors (Lipinski definition) is 6. The van der Waals surface area contributed by atoms with E-state index in [1.54, 1.807) is 6.20 Å². The molecule has 29 heavy (non-hydrogen) atoms. The van der Waals surface area contributed by atoms with E-state index in [4.69, 9.17) is 0 Å². The third-order valence-electron chi connectivity index (χ3n) is 4.51. The topological polar surface area (TPSA) is 76.0 Å². The highest BCUT2D eigenvalue weighted by atomic mass is 19.1. The SMILES string of the molecule is CCC(C)/C=N\c1c(C)nc(-c2cncc(F)c2)nc1NCc1cccc(C)n1. The van der Waals surface area contributed by atoms with Crippen LogP contribution >= 0.6 is 0 Å². The average molecular weight is 392 g/mol. The van der Waals surface area contributed by atoms with Gasteiger partial charge >= 0.3 is 0 Å². The molecule has 1 N–H and O–H groups in total. The average Bonchev–Trinajstić information content (AvgIpc) is 2.71. The maximum atomic E-state index is 13.6. The van der Waals surface area contributed by atoms with Gasteiger partial charge in [0.25, 0.3) is 0 Å². The summed E-state index contributed by atoms with van der Waals surface area (Å²) < 4.78 is 13.6. The summed E-state index contributed by atoms with van der Waals surface area (Å²) in [6.07, 6.45) is 5.60. The summed E-state index contributed by atoms with van der Waals surface area (Å²) in [6, 6.07) is 7.25. The van der Waals surface area contributed by atoms with Gasteiger partial charge in [-0.3, -0.25) is 15.0 Å². The van der Waals surface area contributed by atoms with Gasteiger partial charge in [-0.1, -0.05) is 19.9 Å². The van der Waals surface area contributed by atoms with Gasteiger partial charge in [0, 0.05) is 23.7 Å². The largest absolute Gasteiger partial charge is 0.362 e. The highest BCUT2D eigenvalue weighted by Crippen LogP contribution is 2.29. The number of aromatic nitrogens is 4. The van der Waals surface area contributed by atoms with Gasteiger partial charge in [0.15, 0.2) is 11.6 Å². The van der Waals surface area contributed by atoms with Crippen LogP contribution in [0.4, 0.5) is 15.9 Å². The third-order valence-corrected chi connectivity index (χ3v) is 4.51. The van der Waals surface area contributed by atoms with Gasteiger partial charge in [-0.15, -0.1) is 0 Å². The fourth-order valence-electron chi connectivity index (χ4n) is 2.69. The van der Waals surface area contributed by atoms with Crippen LogP contribution in [0, 0.1) is 25.6 Å². The quantitative estimate of drug-likeness (QED) is 0.570. The lowest BCUT2D eigenvalue weighted by Crippen LogP contribution is -2.07. The number of halogens is 1. The molecule has 0 aliphatic rings. The number of anilines is 1. The van der Waals surface area contributed by atoms with E-state index >= 15 is 0 Å². The second-order valence-electron chi connectivity index (χ2n) is 7.01. The van der Waals surface area contributed by atoms with Crippen LogP contribution in [0.15, 0.2) is 41.7 Å². The van der Waals surface area contributed by atoms with Crippen molar-refractivity contribution >= 4 is 17.7 Å². The normalized spacial score (nSPS) is 12.3. The van der Waals surface area contributed by atoms with Crippen LogP contribution in [0.2, 0.25) is 0 Å². The van der Waals surface area contributed by atoms with Crippen molar-refractivity contribution in [3.8, 4) is 11.4 Å². The molecule has 1 atom stereocenters. The van der Waals surface area contributed by atoms with E-state index in [1.165, 1.54) is 6.07 Å². The summed E-state index contributed by atoms with van der Waals surface area (Å²) in [5.41, 5.74) is 3.74. The van der Waals surface area contributed by atoms with Crippen molar-refractivity contribution < 1.29 is 4.39 Å². The van der Waals surface area contributed by atoms with Crippen molar-refractivity contribution in [2.24, 2.45) is 10.9 Å². The van der Waals surface area contributed by atoms with E-state index < -0.39 is 5.82 Å². The van der Waals surface area contributed by atoms with Crippen LogP contribution in [0.25, 0.3) is 11.4 Å². The molecular weight excluding hydrogens is 367 g/mol. The molecule has 0 fully saturated rings. The fraction of sp³-hybridized carbons (Fsp3) is 0.318. The van der Waals surface area contributed by atoms with E-state index in [1.807, 2.05) is 38.3 Å². The van der Waals surface area contributed by atoms with Crippen molar-refractivity contribution in [2.45, 2.75) is 40.7 Å². The Kier molecular flexibility index (Phi) is 6.59. The molecule has 7 heteroatoms. The van der Waals surface area contributed by atoms with Crippen LogP contribution in [0.1, 0.15) is 37.4 Å². The van der Waals surface area contributed by atoms with Crippen LogP contribution < -0.4 is 5.32 Å². The molecule has 3 aromatic heterocycles. The molecule has 3 rings (SSSR count). The number of nitrogens with one attached hydrogen (secondary N) is 1. The Morgan fingerprint density at radius 2 is 2.00 bits per heavy atom. The second-order valence-corrected chi connectivity index (χ2v) is 7.01. The summed E-state index contributed by atoms with van der Waals surface area (Å²) in [5, 5.41) is 3.32. The zero-order valence-corrected chi connectivity index (χ0v) is 17.1. The zero-order chi connectivity index (χ0) is 20.8. The van der Waals surface area contributed by atoms with E-state index in [9.17, 15) is 4.39 Å². The molecular formula is C22H25FN6. The molecule has 0 bridgehead atoms. The minimum absolute atomic E-state index is 0.341. The van der Waals surface area contributed by atoms with E-state index in [0.29, 0.717) is 41.0 Å². The summed E-state index contributed by atoms with van der Waals surface area (Å²) >= 11 is 0. The van der Waals surface area contributed by atoms with Gasteiger partial charge < -0.3 is 5.32 Å². The van der Waals surface area contributed by atoms with Gasteiger partial charge in [0.2, 0.25) is 0 Å². The zero-order valence-electron chi connectivity index (χ0n) is 17.1. The van der Waals surface area contributed by atoms with Crippen LogP contribution in [-0.2, 0) is 6.54 Å². The second kappa shape index (κ2) is 9.32. The number of hydrogen-bond donors (Lipinski definition) is 1. The molecule has 0 aromatic carbocycles. The standard InChI is InChI=1S/C22H25FN6/c1-5-14(2)10-25-20-16(4)28-21(17-9-18(23)12-24-11-17)29-22(20)26-13-19-8-6-7-15(3)27-19/h6-12,14H,5,13H2,1-4H3,(H,26,28,29)/b25-10-. The molecule has 150 valence electrons. The number of aliphatic imine (C=N–C) groups is 1. The number of aryl methyl sites for hydroxylation is 2. The molecule has 3 aromatic rings. The molecule has 1 unspecified atom stereocenters. The van der Waals surface area contributed by atoms with E-state index in [0.717, 1.165) is 24.0 Å². The molecule has 0 saturated carbocycles. The predicted octanol–water partition coefficient (Wildman–Crippen LogP) is 5.05. The number of rotatable bonds is 7. The first-order valence-electron chi connectivity index (χ1n) is 9.66. The molecule has 6 nitrogen and oxygen atoms in total. The smallest absolute Gasteiger partial charge is 0.163 e. The first kappa shape index (κ1) is 20.5. The lowest BCUT2D eigenvalue weighted by molar-refractivity contribution is 0.622. The van der Waals surface area contributed by atoms with Crippen LogP contribution in [-0.4, -0.2) is 26.2 Å². The van der Waals surface area contributed by atoms with Crippen molar-refractivity contribution in [3.63, 3.8) is 0 Å². The Morgan fingerprint density at radius 3 is 2.72 bits per heavy atom. The predicted molar refractivity (Wildman–Crippen MR) is 114 cm³/mol. The Hall–Kier alpha value is -3.22. The molecule has 0 aliphatic heterocycles. The van der Waals surface area contributed by atoms with Crippen molar-refractivity contribution in [1.82, 2.24) is 19.9 Å². The highest BCUT2D eigenvalue weighted by molar-refractivity contribution is 5.74. The maximum Gasteiger partial charge on any atom is 0.163 e. The van der Waals surface area contributed by atoms with Gasteiger partial charge in [0.05, 0.1) is 24.1 Å². The third kappa shape index (κ3) is 5.40. The molecule has 3 heterocycles. The first-order valence-corrected chi connectivity index (χ1v) is 9.66. The molecule has 0 radical (unpaired) electrons. The number of nitrogens with zero attached hydrogens (tertiary/aromatic N) is 5. The molecule has 0 spiro atoms. The maximum absolute atomic E-state index is 13.6. The Bertz CT molecular complexity index is 1020. The van der Waals surface area contributed by atoms with E-state index in [2.05, 4.69) is 44.1 Å². The van der Waals surface area contributed by atoms with Crippen molar-refractivity contribution in [1.29, 1.82) is 0 Å². The van der Waals surface area contributed by atoms with Crippen molar-refractivity contribution in [2.75, 3.05) is 5.32 Å². The fourth-order valence-corrected chi connectivity index (χ4v) is 2.69. The Balaban J connectivity index is 1.99. The van der Waals surface area contributed by atoms with E-state index in [-0.39, 0.29) is 0 Å². The van der Waals surface area contributed by atoms with Gasteiger partial charge in [-0.25, -0.2) is 14.4 Å². The van der Waals surface area contributed by atoms with Gasteiger partial charge in [-0.2, -0.15) is 0 Å². The first-order chi connectivity index (χ1) is 14.0. The van der Waals surface area contributed by atoms with Gasteiger partial charge in [0.1, 0.15) is 11.5 Å². The van der Waals surface area contributed by atoms with Crippen LogP contribution in [0.3, 0.4) is 0 Å². The minimum atomic E-state index is -0.430. The molecule has 0 amide bonds. The van der Waals surface area contributed by atoms with Gasteiger partial charge in [-0.05, 0) is 44.4 Å². The summed E-state index contributed by atoms with van der Waals surface area (Å²) in [4.78, 5) is 22.2. The lowest BCUT2D eigenvalue weighted by Gasteiger charge is -2.13. The summed E-state index contributed by atoms with van der Waals surface area (Å²) in [6.45, 7) is 8.54. The van der Waals surface area contributed by atoms with Crippen LogP contribution in [0.5, 0.6) is 0 Å².